The zero-order chi connectivity index (χ0) is 12.7. The molecule has 0 spiro atoms. The van der Waals surface area contributed by atoms with E-state index in [2.05, 4.69) is 4.90 Å². The van der Waals surface area contributed by atoms with Crippen molar-refractivity contribution in [3.63, 3.8) is 0 Å². The van der Waals surface area contributed by atoms with Crippen LogP contribution in [-0.4, -0.2) is 22.4 Å². The van der Waals surface area contributed by atoms with Crippen LogP contribution < -0.4 is 0 Å². The van der Waals surface area contributed by atoms with E-state index in [1.54, 1.807) is 12.1 Å². The van der Waals surface area contributed by atoms with Crippen LogP contribution >= 0.6 is 11.6 Å². The predicted octanol–water partition coefficient (Wildman–Crippen LogP) is 3.23. The molecule has 1 aliphatic carbocycles. The summed E-state index contributed by atoms with van der Waals surface area (Å²) in [6.07, 6.45) is 3.93. The fourth-order valence-corrected chi connectivity index (χ4v) is 3.44. The van der Waals surface area contributed by atoms with Crippen LogP contribution in [0.4, 0.5) is 5.69 Å². The Morgan fingerprint density at radius 1 is 1.44 bits per heavy atom. The number of halogens is 1. The van der Waals surface area contributed by atoms with Crippen molar-refractivity contribution < 1.29 is 4.92 Å². The van der Waals surface area contributed by atoms with Crippen LogP contribution in [0.1, 0.15) is 24.8 Å². The van der Waals surface area contributed by atoms with E-state index in [1.807, 2.05) is 6.07 Å². The summed E-state index contributed by atoms with van der Waals surface area (Å²) in [6, 6.07) is 5.81. The van der Waals surface area contributed by atoms with Crippen molar-refractivity contribution in [1.29, 1.82) is 0 Å². The molecule has 2 unspecified atom stereocenters. The average molecular weight is 267 g/mol. The first-order valence-electron chi connectivity index (χ1n) is 6.30. The molecule has 0 amide bonds. The molecule has 3 rings (SSSR count). The number of benzene rings is 1. The van der Waals surface area contributed by atoms with Gasteiger partial charge in [0.2, 0.25) is 0 Å². The second kappa shape index (κ2) is 4.52. The molecule has 1 aliphatic heterocycles. The largest absolute Gasteiger partial charge is 0.296 e. The molecule has 2 fully saturated rings. The Bertz CT molecular complexity index is 492. The second-order valence-corrected chi connectivity index (χ2v) is 5.71. The fourth-order valence-electron chi connectivity index (χ4n) is 3.25. The summed E-state index contributed by atoms with van der Waals surface area (Å²) in [5.74, 6) is 0.845. The summed E-state index contributed by atoms with van der Waals surface area (Å²) in [7, 11) is 0. The van der Waals surface area contributed by atoms with Crippen molar-refractivity contribution in [3.05, 3.63) is 38.9 Å². The summed E-state index contributed by atoms with van der Waals surface area (Å²) in [5.41, 5.74) is 0.997. The van der Waals surface area contributed by atoms with Crippen LogP contribution in [0, 0.1) is 16.0 Å². The molecule has 1 saturated carbocycles. The Morgan fingerprint density at radius 2 is 2.28 bits per heavy atom. The first-order valence-corrected chi connectivity index (χ1v) is 6.68. The fraction of sp³-hybridized carbons (Fsp3) is 0.538. The van der Waals surface area contributed by atoms with E-state index < -0.39 is 4.92 Å². The first kappa shape index (κ1) is 11.9. The molecule has 2 atom stereocenters. The zero-order valence-electron chi connectivity index (χ0n) is 10.0. The number of piperidine rings is 1. The van der Waals surface area contributed by atoms with Crippen molar-refractivity contribution >= 4 is 17.3 Å². The summed E-state index contributed by atoms with van der Waals surface area (Å²) in [5, 5.41) is 11.1. The molecular weight excluding hydrogens is 252 g/mol. The lowest BCUT2D eigenvalue weighted by atomic mass is 10.1. The Morgan fingerprint density at radius 3 is 2.89 bits per heavy atom. The van der Waals surface area contributed by atoms with Gasteiger partial charge < -0.3 is 0 Å². The van der Waals surface area contributed by atoms with Gasteiger partial charge in [-0.3, -0.25) is 15.0 Å². The highest BCUT2D eigenvalue weighted by atomic mass is 35.5. The molecule has 1 heterocycles. The molecule has 1 aromatic rings. The first-order chi connectivity index (χ1) is 8.63. The van der Waals surface area contributed by atoms with Gasteiger partial charge in [0.15, 0.2) is 0 Å². The summed E-state index contributed by atoms with van der Waals surface area (Å²) >= 11 is 5.82. The minimum absolute atomic E-state index is 0.0125. The number of nitro benzene ring substituents is 1. The minimum atomic E-state index is -0.415. The highest BCUT2D eigenvalue weighted by Crippen LogP contribution is 2.38. The van der Waals surface area contributed by atoms with Crippen molar-refractivity contribution in [2.45, 2.75) is 31.8 Å². The summed E-state index contributed by atoms with van der Waals surface area (Å²) < 4.78 is 0. The maximum Gasteiger partial charge on any atom is 0.288 e. The highest BCUT2D eigenvalue weighted by Gasteiger charge is 2.37. The lowest BCUT2D eigenvalue weighted by Gasteiger charge is -2.26. The predicted molar refractivity (Wildman–Crippen MR) is 69.6 cm³/mol. The Labute approximate surface area is 111 Å². The number of hydrogen-bond acceptors (Lipinski definition) is 3. The van der Waals surface area contributed by atoms with Crippen molar-refractivity contribution in [2.75, 3.05) is 6.54 Å². The number of nitrogens with zero attached hydrogens (tertiary/aromatic N) is 2. The van der Waals surface area contributed by atoms with Gasteiger partial charge in [0.05, 0.1) is 4.92 Å². The molecule has 5 heteroatoms. The smallest absolute Gasteiger partial charge is 0.288 e. The maximum atomic E-state index is 10.8. The highest BCUT2D eigenvalue weighted by molar-refractivity contribution is 6.32. The molecule has 0 N–H and O–H groups in total. The third kappa shape index (κ3) is 2.10. The van der Waals surface area contributed by atoms with Gasteiger partial charge in [0.1, 0.15) is 5.02 Å². The van der Waals surface area contributed by atoms with E-state index in [9.17, 15) is 10.1 Å². The zero-order valence-corrected chi connectivity index (χ0v) is 10.8. The van der Waals surface area contributed by atoms with Gasteiger partial charge in [0, 0.05) is 25.2 Å². The SMILES string of the molecule is O=[N+]([O-])c1cc(CN2CC3CCC2C3)ccc1Cl. The molecule has 96 valence electrons. The third-order valence-electron chi connectivity index (χ3n) is 4.12. The van der Waals surface area contributed by atoms with Crippen LogP contribution in [0.25, 0.3) is 0 Å². The molecule has 18 heavy (non-hydrogen) atoms. The summed E-state index contributed by atoms with van der Waals surface area (Å²) in [6.45, 7) is 1.94. The quantitative estimate of drug-likeness (QED) is 0.623. The van der Waals surface area contributed by atoms with Crippen LogP contribution in [0.5, 0.6) is 0 Å². The van der Waals surface area contributed by atoms with Crippen molar-refractivity contribution in [3.8, 4) is 0 Å². The number of rotatable bonds is 3. The van der Waals surface area contributed by atoms with E-state index in [0.29, 0.717) is 6.04 Å². The van der Waals surface area contributed by atoms with Crippen molar-refractivity contribution in [2.24, 2.45) is 5.92 Å². The minimum Gasteiger partial charge on any atom is -0.296 e. The van der Waals surface area contributed by atoms with Crippen LogP contribution in [0.15, 0.2) is 18.2 Å². The second-order valence-electron chi connectivity index (χ2n) is 5.31. The number of fused-ring (bicyclic) bond motifs is 2. The molecule has 1 saturated heterocycles. The standard InChI is InChI=1S/C13H15ClN2O2/c14-12-4-2-10(6-13(12)16(17)18)8-15-7-9-1-3-11(15)5-9/h2,4,6,9,11H,1,3,5,7-8H2. The van der Waals surface area contributed by atoms with Gasteiger partial charge >= 0.3 is 0 Å². The Kier molecular flexibility index (Phi) is 2.99. The normalized spacial score (nSPS) is 26.7. The van der Waals surface area contributed by atoms with Crippen LogP contribution in [-0.2, 0) is 6.54 Å². The van der Waals surface area contributed by atoms with Crippen LogP contribution in [0.2, 0.25) is 5.02 Å². The van der Waals surface area contributed by atoms with E-state index in [1.165, 1.54) is 19.3 Å². The maximum absolute atomic E-state index is 10.8. The average Bonchev–Trinajstić information content (AvgIpc) is 2.93. The number of likely N-dealkylation sites (tertiary alicyclic amines) is 1. The molecule has 2 bridgehead atoms. The van der Waals surface area contributed by atoms with Gasteiger partial charge in [-0.05, 0) is 36.8 Å². The lowest BCUT2D eigenvalue weighted by molar-refractivity contribution is -0.384. The number of nitro groups is 1. The van der Waals surface area contributed by atoms with Gasteiger partial charge in [-0.2, -0.15) is 0 Å². The molecule has 0 radical (unpaired) electrons. The van der Waals surface area contributed by atoms with E-state index in [-0.39, 0.29) is 10.7 Å². The van der Waals surface area contributed by atoms with Crippen LogP contribution in [0.3, 0.4) is 0 Å². The molecule has 2 aliphatic rings. The Balaban J connectivity index is 1.77. The molecular formula is C13H15ClN2O2. The monoisotopic (exact) mass is 266 g/mol. The Hall–Kier alpha value is -1.13. The molecule has 4 nitrogen and oxygen atoms in total. The topological polar surface area (TPSA) is 46.4 Å². The molecule has 1 aromatic carbocycles. The van der Waals surface area contributed by atoms with E-state index >= 15 is 0 Å². The van der Waals surface area contributed by atoms with E-state index in [0.717, 1.165) is 24.6 Å². The lowest BCUT2D eigenvalue weighted by Crippen LogP contribution is -2.31. The van der Waals surface area contributed by atoms with Gasteiger partial charge in [0.25, 0.3) is 5.69 Å². The molecule has 0 aromatic heterocycles. The summed E-state index contributed by atoms with van der Waals surface area (Å²) in [4.78, 5) is 12.9. The van der Waals surface area contributed by atoms with Gasteiger partial charge in [-0.1, -0.05) is 17.7 Å². The van der Waals surface area contributed by atoms with Crippen molar-refractivity contribution in [1.82, 2.24) is 4.90 Å². The number of hydrogen-bond donors (Lipinski definition) is 0. The van der Waals surface area contributed by atoms with Gasteiger partial charge in [-0.15, -0.1) is 0 Å². The van der Waals surface area contributed by atoms with E-state index in [4.69, 9.17) is 11.6 Å². The third-order valence-corrected chi connectivity index (χ3v) is 4.44. The van der Waals surface area contributed by atoms with Gasteiger partial charge in [-0.25, -0.2) is 0 Å².